The first-order chi connectivity index (χ1) is 12.6. The summed E-state index contributed by atoms with van der Waals surface area (Å²) < 4.78 is 0. The van der Waals surface area contributed by atoms with Crippen molar-refractivity contribution in [1.29, 1.82) is 0 Å². The second kappa shape index (κ2) is 6.68. The Morgan fingerprint density at radius 1 is 0.885 bits per heavy atom. The quantitative estimate of drug-likeness (QED) is 0.696. The fourth-order valence-electron chi connectivity index (χ4n) is 3.58. The predicted octanol–water partition coefficient (Wildman–Crippen LogP) is 5.32. The van der Waals surface area contributed by atoms with Crippen molar-refractivity contribution >= 4 is 11.6 Å². The number of aryl methyl sites for hydroxylation is 1. The second-order valence-corrected chi connectivity index (χ2v) is 6.80. The number of fused-ring (bicyclic) bond motifs is 1. The van der Waals surface area contributed by atoms with E-state index >= 15 is 0 Å². The van der Waals surface area contributed by atoms with Gasteiger partial charge in [0, 0.05) is 16.8 Å². The summed E-state index contributed by atoms with van der Waals surface area (Å²) in [6.45, 7) is 4.16. The van der Waals surface area contributed by atoms with Crippen molar-refractivity contribution in [3.8, 4) is 0 Å². The van der Waals surface area contributed by atoms with E-state index in [0.29, 0.717) is 0 Å². The van der Waals surface area contributed by atoms with Crippen molar-refractivity contribution < 1.29 is 4.79 Å². The molecule has 3 aromatic carbocycles. The Morgan fingerprint density at radius 2 is 1.54 bits per heavy atom. The summed E-state index contributed by atoms with van der Waals surface area (Å²) >= 11 is 0. The molecule has 2 atom stereocenters. The van der Waals surface area contributed by atoms with Crippen molar-refractivity contribution in [2.45, 2.75) is 26.1 Å². The van der Waals surface area contributed by atoms with Crippen molar-refractivity contribution in [2.75, 3.05) is 5.32 Å². The molecule has 0 radical (unpaired) electrons. The Kier molecular flexibility index (Phi) is 4.21. The zero-order chi connectivity index (χ0) is 18.1. The lowest BCUT2D eigenvalue weighted by atomic mass is 10.1. The first-order valence-corrected chi connectivity index (χ1v) is 8.95. The third-order valence-corrected chi connectivity index (χ3v) is 5.05. The summed E-state index contributed by atoms with van der Waals surface area (Å²) in [5, 5.41) is 3.56. The molecular weight excluding hydrogens is 320 g/mol. The number of nitrogens with zero attached hydrogens (tertiary/aromatic N) is 1. The van der Waals surface area contributed by atoms with E-state index in [1.54, 1.807) is 0 Å². The van der Waals surface area contributed by atoms with E-state index in [1.807, 2.05) is 47.4 Å². The highest BCUT2D eigenvalue weighted by Crippen LogP contribution is 2.40. The molecule has 0 aromatic heterocycles. The fourth-order valence-corrected chi connectivity index (χ4v) is 3.58. The van der Waals surface area contributed by atoms with Crippen LogP contribution in [0.3, 0.4) is 0 Å². The molecule has 26 heavy (non-hydrogen) atoms. The van der Waals surface area contributed by atoms with Crippen LogP contribution in [0.4, 0.5) is 5.69 Å². The molecule has 1 aliphatic heterocycles. The Labute approximate surface area is 154 Å². The number of carbonyl (C=O) groups excluding carboxylic acids is 1. The minimum atomic E-state index is -0.184. The highest BCUT2D eigenvalue weighted by Gasteiger charge is 2.39. The number of anilines is 1. The molecule has 3 aromatic rings. The molecule has 4 rings (SSSR count). The minimum Gasteiger partial charge on any atom is -0.361 e. The fraction of sp³-hybridized carbons (Fsp3) is 0.174. The molecule has 130 valence electrons. The minimum absolute atomic E-state index is 0.0287. The van der Waals surface area contributed by atoms with Crippen LogP contribution in [0.25, 0.3) is 0 Å². The van der Waals surface area contributed by atoms with Crippen LogP contribution in [-0.2, 0) is 0 Å². The van der Waals surface area contributed by atoms with Crippen LogP contribution in [0.5, 0.6) is 0 Å². The molecule has 1 heterocycles. The predicted molar refractivity (Wildman–Crippen MR) is 105 cm³/mol. The van der Waals surface area contributed by atoms with Gasteiger partial charge in [-0.1, -0.05) is 66.2 Å². The van der Waals surface area contributed by atoms with Gasteiger partial charge in [0.1, 0.15) is 6.17 Å². The number of hydrogen-bond acceptors (Lipinski definition) is 2. The van der Waals surface area contributed by atoms with Gasteiger partial charge in [-0.3, -0.25) is 4.79 Å². The van der Waals surface area contributed by atoms with Gasteiger partial charge in [-0.25, -0.2) is 0 Å². The van der Waals surface area contributed by atoms with E-state index in [2.05, 4.69) is 55.6 Å². The summed E-state index contributed by atoms with van der Waals surface area (Å²) in [7, 11) is 0. The number of carbonyl (C=O) groups is 1. The first-order valence-electron chi connectivity index (χ1n) is 8.95. The van der Waals surface area contributed by atoms with Gasteiger partial charge < -0.3 is 10.2 Å². The first kappa shape index (κ1) is 16.4. The molecule has 0 fully saturated rings. The monoisotopic (exact) mass is 342 g/mol. The summed E-state index contributed by atoms with van der Waals surface area (Å²) in [5.74, 6) is 0.0709. The van der Waals surface area contributed by atoms with Crippen LogP contribution in [-0.4, -0.2) is 10.8 Å². The lowest BCUT2D eigenvalue weighted by Crippen LogP contribution is -2.34. The molecule has 0 spiro atoms. The Hall–Kier alpha value is -3.07. The average molecular weight is 342 g/mol. The number of hydrogen-bond donors (Lipinski definition) is 1. The summed E-state index contributed by atoms with van der Waals surface area (Å²) in [5.41, 5.74) is 5.16. The molecule has 0 saturated heterocycles. The average Bonchev–Trinajstić information content (AvgIpc) is 2.96. The van der Waals surface area contributed by atoms with Gasteiger partial charge in [0.2, 0.25) is 0 Å². The van der Waals surface area contributed by atoms with Gasteiger partial charge >= 0.3 is 0 Å². The Morgan fingerprint density at radius 3 is 2.27 bits per heavy atom. The maximum absolute atomic E-state index is 13.2. The topological polar surface area (TPSA) is 32.3 Å². The number of benzene rings is 3. The van der Waals surface area contributed by atoms with E-state index in [0.717, 1.165) is 22.4 Å². The maximum Gasteiger partial charge on any atom is 0.256 e. The van der Waals surface area contributed by atoms with E-state index in [-0.39, 0.29) is 18.1 Å². The van der Waals surface area contributed by atoms with Gasteiger partial charge in [0.15, 0.2) is 0 Å². The Balaban J connectivity index is 1.73. The van der Waals surface area contributed by atoms with E-state index < -0.39 is 0 Å². The molecule has 0 saturated carbocycles. The highest BCUT2D eigenvalue weighted by molar-refractivity contribution is 5.99. The van der Waals surface area contributed by atoms with Crippen molar-refractivity contribution in [2.24, 2.45) is 0 Å². The molecule has 3 nitrogen and oxygen atoms in total. The van der Waals surface area contributed by atoms with Gasteiger partial charge in [-0.2, -0.15) is 0 Å². The summed E-state index contributed by atoms with van der Waals surface area (Å²) in [6, 6.07) is 26.3. The van der Waals surface area contributed by atoms with Crippen LogP contribution < -0.4 is 5.32 Å². The maximum atomic E-state index is 13.2. The second-order valence-electron chi connectivity index (χ2n) is 6.80. The highest BCUT2D eigenvalue weighted by atomic mass is 16.2. The van der Waals surface area contributed by atoms with Crippen molar-refractivity contribution in [1.82, 2.24) is 4.90 Å². The largest absolute Gasteiger partial charge is 0.361 e. The van der Waals surface area contributed by atoms with Crippen LogP contribution in [0.1, 0.15) is 46.2 Å². The zero-order valence-corrected chi connectivity index (χ0v) is 15.0. The van der Waals surface area contributed by atoms with Crippen LogP contribution in [0, 0.1) is 6.92 Å². The van der Waals surface area contributed by atoms with Crippen molar-refractivity contribution in [3.63, 3.8) is 0 Å². The van der Waals surface area contributed by atoms with Gasteiger partial charge in [0.25, 0.3) is 5.91 Å². The van der Waals surface area contributed by atoms with Gasteiger partial charge in [-0.05, 0) is 37.6 Å². The summed E-state index contributed by atoms with van der Waals surface area (Å²) in [4.78, 5) is 15.1. The van der Waals surface area contributed by atoms with Crippen LogP contribution >= 0.6 is 0 Å². The number of amides is 1. The molecule has 2 unspecified atom stereocenters. The normalized spacial score (nSPS) is 17.1. The third kappa shape index (κ3) is 2.86. The van der Waals surface area contributed by atoms with Gasteiger partial charge in [-0.15, -0.1) is 0 Å². The molecule has 0 aliphatic carbocycles. The lowest BCUT2D eigenvalue weighted by molar-refractivity contribution is 0.0667. The third-order valence-electron chi connectivity index (χ3n) is 5.05. The standard InChI is InChI=1S/C23H22N2O/c1-16-12-14-19(15-13-16)24-22-20-10-6-7-11-21(20)23(26)25(22)17(2)18-8-4-3-5-9-18/h3-15,17,22,24H,1-2H3. The van der Waals surface area contributed by atoms with Crippen molar-refractivity contribution in [3.05, 3.63) is 101 Å². The number of nitrogens with one attached hydrogen (secondary N) is 1. The molecule has 3 heteroatoms. The van der Waals surface area contributed by atoms with E-state index in [9.17, 15) is 4.79 Å². The van der Waals surface area contributed by atoms with Crippen LogP contribution in [0.15, 0.2) is 78.9 Å². The molecule has 1 amide bonds. The Bertz CT molecular complexity index is 918. The smallest absolute Gasteiger partial charge is 0.256 e. The van der Waals surface area contributed by atoms with E-state index in [1.165, 1.54) is 5.56 Å². The summed E-state index contributed by atoms with van der Waals surface area (Å²) in [6.07, 6.45) is -0.184. The molecule has 1 aliphatic rings. The van der Waals surface area contributed by atoms with Crippen LogP contribution in [0.2, 0.25) is 0 Å². The zero-order valence-electron chi connectivity index (χ0n) is 15.0. The molecule has 0 bridgehead atoms. The van der Waals surface area contributed by atoms with Gasteiger partial charge in [0.05, 0.1) is 6.04 Å². The SMILES string of the molecule is Cc1ccc(NC2c3ccccc3C(=O)N2C(C)c2ccccc2)cc1. The lowest BCUT2D eigenvalue weighted by Gasteiger charge is -2.32. The molecular formula is C23H22N2O. The number of rotatable bonds is 4. The molecule has 1 N–H and O–H groups in total. The van der Waals surface area contributed by atoms with E-state index in [4.69, 9.17) is 0 Å².